The minimum Gasteiger partial charge on any atom is -0.445 e. The lowest BCUT2D eigenvalue weighted by molar-refractivity contribution is -0.0599. The molecule has 23 heavy (non-hydrogen) atoms. The molecule has 2 aliphatic rings. The molecule has 4 heteroatoms. The summed E-state index contributed by atoms with van der Waals surface area (Å²) < 4.78 is 5.52. The highest BCUT2D eigenvalue weighted by molar-refractivity contribution is 5.69. The molecule has 1 aromatic carbocycles. The number of rotatable bonds is 3. The van der Waals surface area contributed by atoms with Crippen LogP contribution in [0, 0.1) is 0 Å². The smallest absolute Gasteiger partial charge is 0.410 e. The number of hydrogen-bond acceptors (Lipinski definition) is 3. The van der Waals surface area contributed by atoms with Gasteiger partial charge in [0.1, 0.15) is 6.61 Å². The number of amides is 1. The fraction of sp³-hybridized carbons (Fsp3) is 0.526. The molecule has 2 unspecified atom stereocenters. The molecule has 0 spiro atoms. The zero-order valence-corrected chi connectivity index (χ0v) is 13.6. The maximum atomic E-state index is 12.6. The van der Waals surface area contributed by atoms with Crippen LogP contribution in [0.4, 0.5) is 4.79 Å². The van der Waals surface area contributed by atoms with E-state index in [1.807, 2.05) is 54.3 Å². The summed E-state index contributed by atoms with van der Waals surface area (Å²) in [5.74, 6) is 0. The van der Waals surface area contributed by atoms with E-state index in [1.54, 1.807) is 0 Å². The van der Waals surface area contributed by atoms with Crippen LogP contribution in [0.5, 0.6) is 0 Å². The molecule has 1 aromatic rings. The lowest BCUT2D eigenvalue weighted by Crippen LogP contribution is -2.59. The van der Waals surface area contributed by atoms with Gasteiger partial charge in [-0.05, 0) is 31.7 Å². The molecule has 2 aliphatic heterocycles. The van der Waals surface area contributed by atoms with Gasteiger partial charge >= 0.3 is 6.09 Å². The summed E-state index contributed by atoms with van der Waals surface area (Å²) in [4.78, 5) is 14.4. The Hall–Kier alpha value is -1.81. The third-order valence-corrected chi connectivity index (χ3v) is 4.93. The van der Waals surface area contributed by atoms with Crippen molar-refractivity contribution in [2.45, 2.75) is 63.3 Å². The Morgan fingerprint density at radius 1 is 1.30 bits per heavy atom. The summed E-state index contributed by atoms with van der Waals surface area (Å²) >= 11 is 0. The maximum absolute atomic E-state index is 12.6. The first-order valence-corrected chi connectivity index (χ1v) is 8.46. The second-order valence-corrected chi connectivity index (χ2v) is 6.70. The average Bonchev–Trinajstić information content (AvgIpc) is 2.53. The number of allylic oxidation sites excluding steroid dienone is 1. The SMILES string of the molecule is C/C=C\C1(O)CC2CCCC(C1)N2C(=O)OCc1ccccc1. The highest BCUT2D eigenvalue weighted by Gasteiger charge is 2.46. The molecule has 1 amide bonds. The standard InChI is InChI=1S/C19H25NO3/c1-2-11-19(22)12-16-9-6-10-17(13-19)20(16)18(21)23-14-15-7-4-3-5-8-15/h2-5,7-8,11,16-17,22H,6,9-10,12-14H2,1H3/b11-2-. The second kappa shape index (κ2) is 6.75. The second-order valence-electron chi connectivity index (χ2n) is 6.70. The van der Waals surface area contributed by atoms with Crippen molar-refractivity contribution in [3.05, 3.63) is 48.0 Å². The number of carbonyl (C=O) groups excluding carboxylic acids is 1. The molecule has 3 rings (SSSR count). The van der Waals surface area contributed by atoms with E-state index in [1.165, 1.54) is 0 Å². The number of hydrogen-bond donors (Lipinski definition) is 1. The van der Waals surface area contributed by atoms with Crippen LogP contribution >= 0.6 is 0 Å². The maximum Gasteiger partial charge on any atom is 0.410 e. The average molecular weight is 315 g/mol. The Labute approximate surface area is 137 Å². The van der Waals surface area contributed by atoms with Crippen LogP contribution in [-0.4, -0.2) is 33.8 Å². The normalized spacial score (nSPS) is 30.4. The van der Waals surface area contributed by atoms with E-state index in [0.717, 1.165) is 24.8 Å². The summed E-state index contributed by atoms with van der Waals surface area (Å²) in [6.07, 6.45) is 7.75. The van der Waals surface area contributed by atoms with Crippen molar-refractivity contribution >= 4 is 6.09 Å². The number of carbonyl (C=O) groups is 1. The summed E-state index contributed by atoms with van der Waals surface area (Å²) in [5, 5.41) is 10.7. The van der Waals surface area contributed by atoms with E-state index < -0.39 is 5.60 Å². The molecular weight excluding hydrogens is 290 g/mol. The minimum absolute atomic E-state index is 0.0759. The molecule has 0 aromatic heterocycles. The molecule has 2 heterocycles. The van der Waals surface area contributed by atoms with Crippen LogP contribution in [0.25, 0.3) is 0 Å². The van der Waals surface area contributed by atoms with Gasteiger partial charge in [-0.15, -0.1) is 0 Å². The summed E-state index contributed by atoms with van der Waals surface area (Å²) in [7, 11) is 0. The predicted molar refractivity (Wildman–Crippen MR) is 88.9 cm³/mol. The van der Waals surface area contributed by atoms with Gasteiger partial charge in [0.05, 0.1) is 5.60 Å². The molecule has 124 valence electrons. The van der Waals surface area contributed by atoms with E-state index in [2.05, 4.69) is 0 Å². The summed E-state index contributed by atoms with van der Waals surface area (Å²) in [5.41, 5.74) is 0.217. The van der Waals surface area contributed by atoms with Crippen molar-refractivity contribution in [2.24, 2.45) is 0 Å². The molecule has 2 fully saturated rings. The minimum atomic E-state index is -0.777. The van der Waals surface area contributed by atoms with Gasteiger partial charge in [-0.1, -0.05) is 42.5 Å². The highest BCUT2D eigenvalue weighted by Crippen LogP contribution is 2.40. The van der Waals surface area contributed by atoms with Crippen LogP contribution < -0.4 is 0 Å². The number of ether oxygens (including phenoxy) is 1. The molecule has 1 N–H and O–H groups in total. The number of piperidine rings is 2. The molecule has 2 atom stereocenters. The highest BCUT2D eigenvalue weighted by atomic mass is 16.6. The Kier molecular flexibility index (Phi) is 4.71. The van der Waals surface area contributed by atoms with E-state index in [0.29, 0.717) is 19.4 Å². The third kappa shape index (κ3) is 3.58. The first-order chi connectivity index (χ1) is 11.1. The fourth-order valence-corrected chi connectivity index (χ4v) is 4.00. The first-order valence-electron chi connectivity index (χ1n) is 8.46. The number of benzene rings is 1. The Morgan fingerprint density at radius 3 is 2.57 bits per heavy atom. The van der Waals surface area contributed by atoms with Crippen molar-refractivity contribution in [3.63, 3.8) is 0 Å². The quantitative estimate of drug-likeness (QED) is 0.866. The molecule has 0 aliphatic carbocycles. The van der Waals surface area contributed by atoms with Crippen LogP contribution in [0.15, 0.2) is 42.5 Å². The molecule has 0 saturated carbocycles. The molecule has 2 bridgehead atoms. The van der Waals surface area contributed by atoms with Gasteiger partial charge in [-0.25, -0.2) is 4.79 Å². The molecule has 2 saturated heterocycles. The van der Waals surface area contributed by atoms with Crippen molar-refractivity contribution in [3.8, 4) is 0 Å². The van der Waals surface area contributed by atoms with Crippen LogP contribution in [0.1, 0.15) is 44.6 Å². The van der Waals surface area contributed by atoms with Crippen molar-refractivity contribution in [1.29, 1.82) is 0 Å². The Balaban J connectivity index is 1.66. The monoisotopic (exact) mass is 315 g/mol. The van der Waals surface area contributed by atoms with Gasteiger partial charge in [0, 0.05) is 24.9 Å². The van der Waals surface area contributed by atoms with Gasteiger partial charge in [0.25, 0.3) is 0 Å². The summed E-state index contributed by atoms with van der Waals surface area (Å²) in [6.45, 7) is 2.23. The van der Waals surface area contributed by atoms with Crippen LogP contribution in [0.3, 0.4) is 0 Å². The van der Waals surface area contributed by atoms with Gasteiger partial charge in [0.2, 0.25) is 0 Å². The van der Waals surface area contributed by atoms with Gasteiger partial charge in [-0.2, -0.15) is 0 Å². The molecule has 0 radical (unpaired) electrons. The van der Waals surface area contributed by atoms with E-state index in [4.69, 9.17) is 4.74 Å². The lowest BCUT2D eigenvalue weighted by atomic mass is 9.75. The Bertz CT molecular complexity index is 555. The van der Waals surface area contributed by atoms with Crippen molar-refractivity contribution < 1.29 is 14.6 Å². The largest absolute Gasteiger partial charge is 0.445 e. The van der Waals surface area contributed by atoms with Gasteiger partial charge < -0.3 is 14.7 Å². The van der Waals surface area contributed by atoms with Crippen LogP contribution in [-0.2, 0) is 11.3 Å². The van der Waals surface area contributed by atoms with Gasteiger partial charge in [0.15, 0.2) is 0 Å². The van der Waals surface area contributed by atoms with E-state index in [-0.39, 0.29) is 18.2 Å². The van der Waals surface area contributed by atoms with E-state index >= 15 is 0 Å². The zero-order valence-electron chi connectivity index (χ0n) is 13.6. The number of nitrogens with zero attached hydrogens (tertiary/aromatic N) is 1. The number of aliphatic hydroxyl groups is 1. The topological polar surface area (TPSA) is 49.8 Å². The van der Waals surface area contributed by atoms with Crippen molar-refractivity contribution in [1.82, 2.24) is 4.90 Å². The predicted octanol–water partition coefficient (Wildman–Crippen LogP) is 3.65. The zero-order chi connectivity index (χ0) is 16.3. The lowest BCUT2D eigenvalue weighted by Gasteiger charge is -2.50. The van der Waals surface area contributed by atoms with Crippen molar-refractivity contribution in [2.75, 3.05) is 0 Å². The van der Waals surface area contributed by atoms with Crippen LogP contribution in [0.2, 0.25) is 0 Å². The fourth-order valence-electron chi connectivity index (χ4n) is 4.00. The molecular formula is C19H25NO3. The molecule has 4 nitrogen and oxygen atoms in total. The van der Waals surface area contributed by atoms with Gasteiger partial charge in [-0.3, -0.25) is 0 Å². The third-order valence-electron chi connectivity index (χ3n) is 4.93. The number of fused-ring (bicyclic) bond motifs is 2. The summed E-state index contributed by atoms with van der Waals surface area (Å²) in [6, 6.07) is 9.89. The first kappa shape index (κ1) is 16.1. The van der Waals surface area contributed by atoms with E-state index in [9.17, 15) is 9.90 Å². The Morgan fingerprint density at radius 2 is 1.96 bits per heavy atom.